The minimum atomic E-state index is -3.79. The van der Waals surface area contributed by atoms with Crippen molar-refractivity contribution in [2.24, 2.45) is 0 Å². The molecule has 1 N–H and O–H groups in total. The molecule has 0 heterocycles. The van der Waals surface area contributed by atoms with E-state index in [0.717, 1.165) is 11.1 Å². The summed E-state index contributed by atoms with van der Waals surface area (Å²) in [5.41, 5.74) is 4.19. The Morgan fingerprint density at radius 1 is 0.897 bits per heavy atom. The first-order valence-corrected chi connectivity index (χ1v) is 10.4. The van der Waals surface area contributed by atoms with Crippen molar-refractivity contribution in [1.29, 1.82) is 0 Å². The van der Waals surface area contributed by atoms with E-state index in [0.29, 0.717) is 0 Å². The molecule has 0 aromatic heterocycles. The number of hydrogen-bond acceptors (Lipinski definition) is 7. The van der Waals surface area contributed by atoms with Crippen LogP contribution in [0, 0.1) is 6.92 Å². The molecule has 0 aliphatic rings. The second-order valence-electron chi connectivity index (χ2n) is 6.05. The van der Waals surface area contributed by atoms with Crippen molar-refractivity contribution in [3.63, 3.8) is 0 Å². The highest BCUT2D eigenvalue weighted by Crippen LogP contribution is 2.12. The molecule has 158 valence electrons. The molecule has 8 nitrogen and oxygen atoms in total. The molecule has 1 amide bonds. The van der Waals surface area contributed by atoms with Crippen molar-refractivity contribution < 1.29 is 31.7 Å². The molecule has 0 fully saturated rings. The minimum Gasteiger partial charge on any atom is -0.377 e. The number of hydroxylamine groups is 1. The van der Waals surface area contributed by atoms with Crippen LogP contribution in [0.3, 0.4) is 0 Å². The number of amides is 1. The first kappa shape index (κ1) is 23.0. The van der Waals surface area contributed by atoms with Gasteiger partial charge in [0.05, 0.1) is 37.9 Å². The monoisotopic (exact) mass is 423 g/mol. The van der Waals surface area contributed by atoms with Gasteiger partial charge in [-0.3, -0.25) is 13.8 Å². The summed E-state index contributed by atoms with van der Waals surface area (Å²) in [6.45, 7) is 2.32. The molecule has 9 heteroatoms. The Bertz CT molecular complexity index is 839. The summed E-state index contributed by atoms with van der Waals surface area (Å²) < 4.78 is 39.2. The number of benzene rings is 2. The zero-order valence-corrected chi connectivity index (χ0v) is 17.0. The Morgan fingerprint density at radius 2 is 1.55 bits per heavy atom. The van der Waals surface area contributed by atoms with Crippen molar-refractivity contribution in [1.82, 2.24) is 5.48 Å². The van der Waals surface area contributed by atoms with Gasteiger partial charge >= 0.3 is 0 Å². The number of rotatable bonds is 13. The van der Waals surface area contributed by atoms with Gasteiger partial charge in [0.2, 0.25) is 0 Å². The second-order valence-corrected chi connectivity index (χ2v) is 7.67. The summed E-state index contributed by atoms with van der Waals surface area (Å²) in [5, 5.41) is 0. The van der Waals surface area contributed by atoms with E-state index in [2.05, 4.69) is 5.48 Å². The first-order valence-electron chi connectivity index (χ1n) is 9.03. The third-order valence-electron chi connectivity index (χ3n) is 3.65. The van der Waals surface area contributed by atoms with Gasteiger partial charge in [-0.15, -0.1) is 0 Å². The molecular formula is C20H25NO7S. The van der Waals surface area contributed by atoms with E-state index in [4.69, 9.17) is 18.5 Å². The highest BCUT2D eigenvalue weighted by molar-refractivity contribution is 7.86. The first-order chi connectivity index (χ1) is 14.0. The molecule has 0 unspecified atom stereocenters. The van der Waals surface area contributed by atoms with Crippen LogP contribution in [0.1, 0.15) is 11.1 Å². The van der Waals surface area contributed by atoms with Crippen LogP contribution >= 0.6 is 0 Å². The molecule has 0 atom stereocenters. The van der Waals surface area contributed by atoms with Gasteiger partial charge in [-0.2, -0.15) is 8.42 Å². The van der Waals surface area contributed by atoms with Gasteiger partial charge in [0.1, 0.15) is 6.61 Å². The van der Waals surface area contributed by atoms with Crippen LogP contribution in [0.25, 0.3) is 0 Å². The summed E-state index contributed by atoms with van der Waals surface area (Å²) in [5.74, 6) is -0.409. The van der Waals surface area contributed by atoms with Gasteiger partial charge in [0.25, 0.3) is 16.0 Å². The van der Waals surface area contributed by atoms with Crippen LogP contribution in [-0.2, 0) is 40.0 Å². The maximum Gasteiger partial charge on any atom is 0.297 e. The average Bonchev–Trinajstić information content (AvgIpc) is 2.71. The highest BCUT2D eigenvalue weighted by Gasteiger charge is 2.14. The molecule has 0 saturated heterocycles. The van der Waals surface area contributed by atoms with E-state index in [1.54, 1.807) is 12.1 Å². The predicted molar refractivity (Wildman–Crippen MR) is 105 cm³/mol. The van der Waals surface area contributed by atoms with Crippen LogP contribution in [0.2, 0.25) is 0 Å². The fraction of sp³-hybridized carbons (Fsp3) is 0.350. The number of nitrogens with one attached hydrogen (secondary N) is 1. The third kappa shape index (κ3) is 9.16. The van der Waals surface area contributed by atoms with Crippen LogP contribution < -0.4 is 5.48 Å². The normalized spacial score (nSPS) is 11.3. The molecule has 0 aliphatic carbocycles. The maximum atomic E-state index is 12.0. The summed E-state index contributed by atoms with van der Waals surface area (Å²) in [4.78, 5) is 16.7. The van der Waals surface area contributed by atoms with Gasteiger partial charge in [-0.25, -0.2) is 5.48 Å². The lowest BCUT2D eigenvalue weighted by atomic mass is 10.2. The standard InChI is InChI=1S/C20H25NO7S/c1-17-7-9-19(10-8-17)29(23,24)28-14-13-25-11-12-26-16-20(22)21-27-15-18-5-3-2-4-6-18/h2-10H,11-16H2,1H3,(H,21,22). The molecule has 0 aliphatic heterocycles. The van der Waals surface area contributed by atoms with Gasteiger partial charge < -0.3 is 9.47 Å². The Kier molecular flexibility index (Phi) is 9.75. The second kappa shape index (κ2) is 12.3. The summed E-state index contributed by atoms with van der Waals surface area (Å²) in [6.07, 6.45) is 0. The van der Waals surface area contributed by atoms with Gasteiger partial charge in [0.15, 0.2) is 0 Å². The zero-order chi connectivity index (χ0) is 21.0. The number of carbonyl (C=O) groups is 1. The Labute approximate surface area is 170 Å². The van der Waals surface area contributed by atoms with E-state index < -0.39 is 16.0 Å². The largest absolute Gasteiger partial charge is 0.377 e. The molecule has 0 spiro atoms. The number of carbonyl (C=O) groups excluding carboxylic acids is 1. The smallest absolute Gasteiger partial charge is 0.297 e. The molecule has 0 radical (unpaired) electrons. The summed E-state index contributed by atoms with van der Waals surface area (Å²) in [7, 11) is -3.79. The maximum absolute atomic E-state index is 12.0. The molecular weight excluding hydrogens is 398 g/mol. The number of aryl methyl sites for hydroxylation is 1. The Morgan fingerprint density at radius 3 is 2.28 bits per heavy atom. The lowest BCUT2D eigenvalue weighted by molar-refractivity contribution is -0.139. The van der Waals surface area contributed by atoms with Crippen molar-refractivity contribution in [2.45, 2.75) is 18.4 Å². The van der Waals surface area contributed by atoms with E-state index >= 15 is 0 Å². The van der Waals surface area contributed by atoms with Crippen molar-refractivity contribution in [3.05, 3.63) is 65.7 Å². The van der Waals surface area contributed by atoms with Crippen molar-refractivity contribution in [3.8, 4) is 0 Å². The van der Waals surface area contributed by atoms with E-state index in [-0.39, 0.29) is 44.5 Å². The molecule has 2 aromatic rings. The van der Waals surface area contributed by atoms with E-state index in [1.807, 2.05) is 37.3 Å². The van der Waals surface area contributed by atoms with Crippen LogP contribution in [0.5, 0.6) is 0 Å². The SMILES string of the molecule is Cc1ccc(S(=O)(=O)OCCOCCOCC(=O)NOCc2ccccc2)cc1. The van der Waals surface area contributed by atoms with Gasteiger partial charge in [0, 0.05) is 0 Å². The molecule has 2 rings (SSSR count). The number of ether oxygens (including phenoxy) is 2. The molecule has 2 aromatic carbocycles. The summed E-state index contributed by atoms with van der Waals surface area (Å²) in [6, 6.07) is 15.8. The van der Waals surface area contributed by atoms with Crippen LogP contribution in [0.15, 0.2) is 59.5 Å². The predicted octanol–water partition coefficient (Wildman–Crippen LogP) is 1.98. The lowest BCUT2D eigenvalue weighted by Gasteiger charge is -2.08. The molecule has 0 saturated carbocycles. The Hall–Kier alpha value is -2.30. The molecule has 29 heavy (non-hydrogen) atoms. The Balaban J connectivity index is 1.47. The number of hydrogen-bond donors (Lipinski definition) is 1. The zero-order valence-electron chi connectivity index (χ0n) is 16.2. The van der Waals surface area contributed by atoms with E-state index in [1.165, 1.54) is 12.1 Å². The third-order valence-corrected chi connectivity index (χ3v) is 4.98. The van der Waals surface area contributed by atoms with Crippen LogP contribution in [0.4, 0.5) is 0 Å². The molecule has 0 bridgehead atoms. The van der Waals surface area contributed by atoms with Crippen molar-refractivity contribution >= 4 is 16.0 Å². The fourth-order valence-corrected chi connectivity index (χ4v) is 3.06. The van der Waals surface area contributed by atoms with E-state index in [9.17, 15) is 13.2 Å². The highest BCUT2D eigenvalue weighted by atomic mass is 32.2. The topological polar surface area (TPSA) is 100 Å². The van der Waals surface area contributed by atoms with Crippen molar-refractivity contribution in [2.75, 3.05) is 33.0 Å². The van der Waals surface area contributed by atoms with Gasteiger partial charge in [-0.05, 0) is 24.6 Å². The van der Waals surface area contributed by atoms with Gasteiger partial charge in [-0.1, -0.05) is 48.0 Å². The quantitative estimate of drug-likeness (QED) is 0.299. The fourth-order valence-electron chi connectivity index (χ4n) is 2.16. The minimum absolute atomic E-state index is 0.0842. The lowest BCUT2D eigenvalue weighted by Crippen LogP contribution is -2.28. The average molecular weight is 423 g/mol. The summed E-state index contributed by atoms with van der Waals surface area (Å²) >= 11 is 0. The van der Waals surface area contributed by atoms with Crippen LogP contribution in [-0.4, -0.2) is 47.4 Å².